The molecule has 5 heteroatoms. The highest BCUT2D eigenvalue weighted by molar-refractivity contribution is 6.39. The summed E-state index contributed by atoms with van der Waals surface area (Å²) in [6.45, 7) is 5.09. The lowest BCUT2D eigenvalue weighted by molar-refractivity contribution is -0.136. The minimum absolute atomic E-state index is 0.319. The second-order valence-electron chi connectivity index (χ2n) is 5.68. The molecule has 0 atom stereocenters. The largest absolute Gasteiger partial charge is 0.494 e. The molecule has 0 unspecified atom stereocenters. The maximum atomic E-state index is 11.9. The van der Waals surface area contributed by atoms with Crippen molar-refractivity contribution in [2.75, 3.05) is 11.9 Å². The molecule has 5 nitrogen and oxygen atoms in total. The molecule has 2 aromatic carbocycles. The number of ether oxygens (including phenoxy) is 1. The first-order valence-corrected chi connectivity index (χ1v) is 8.52. The van der Waals surface area contributed by atoms with Crippen LogP contribution in [-0.2, 0) is 22.6 Å². The number of carbonyl (C=O) groups is 2. The van der Waals surface area contributed by atoms with E-state index in [0.29, 0.717) is 18.8 Å². The lowest BCUT2D eigenvalue weighted by Crippen LogP contribution is -2.34. The molecule has 0 saturated carbocycles. The Morgan fingerprint density at radius 3 is 2.12 bits per heavy atom. The highest BCUT2D eigenvalue weighted by atomic mass is 16.5. The lowest BCUT2D eigenvalue weighted by Gasteiger charge is -2.08. The fraction of sp³-hybridized carbons (Fsp3) is 0.300. The Hall–Kier alpha value is -2.82. The van der Waals surface area contributed by atoms with Gasteiger partial charge in [0.2, 0.25) is 0 Å². The Labute approximate surface area is 148 Å². The highest BCUT2D eigenvalue weighted by Gasteiger charge is 2.13. The summed E-state index contributed by atoms with van der Waals surface area (Å²) in [7, 11) is 0. The van der Waals surface area contributed by atoms with Gasteiger partial charge in [-0.25, -0.2) is 0 Å². The number of rotatable bonds is 7. The van der Waals surface area contributed by atoms with Crippen molar-refractivity contribution in [3.8, 4) is 5.75 Å². The van der Waals surface area contributed by atoms with Crippen LogP contribution in [0.4, 0.5) is 5.69 Å². The van der Waals surface area contributed by atoms with Gasteiger partial charge in [0.05, 0.1) is 6.61 Å². The van der Waals surface area contributed by atoms with Gasteiger partial charge in [0.15, 0.2) is 0 Å². The quantitative estimate of drug-likeness (QED) is 0.760. The summed E-state index contributed by atoms with van der Waals surface area (Å²) >= 11 is 0. The summed E-state index contributed by atoms with van der Waals surface area (Å²) in [6.07, 6.45) is 1.90. The predicted octanol–water partition coefficient (Wildman–Crippen LogP) is 3.29. The molecule has 0 spiro atoms. The average Bonchev–Trinajstić information content (AvgIpc) is 2.65. The third kappa shape index (κ3) is 5.95. The van der Waals surface area contributed by atoms with E-state index in [2.05, 4.69) is 17.6 Å². The van der Waals surface area contributed by atoms with Crippen LogP contribution in [0.5, 0.6) is 5.75 Å². The predicted molar refractivity (Wildman–Crippen MR) is 98.5 cm³/mol. The highest BCUT2D eigenvalue weighted by Crippen LogP contribution is 2.15. The van der Waals surface area contributed by atoms with Gasteiger partial charge >= 0.3 is 11.8 Å². The van der Waals surface area contributed by atoms with Gasteiger partial charge in [-0.3, -0.25) is 9.59 Å². The number of anilines is 1. The maximum absolute atomic E-state index is 11.9. The number of hydrogen-bond acceptors (Lipinski definition) is 3. The molecule has 0 aliphatic carbocycles. The van der Waals surface area contributed by atoms with Crippen LogP contribution in [0.15, 0.2) is 48.5 Å². The molecule has 0 aromatic heterocycles. The molecular formula is C20H24N2O3. The van der Waals surface area contributed by atoms with Crippen LogP contribution in [0.2, 0.25) is 0 Å². The van der Waals surface area contributed by atoms with E-state index in [1.165, 1.54) is 5.56 Å². The van der Waals surface area contributed by atoms with Crippen LogP contribution in [0.3, 0.4) is 0 Å². The Morgan fingerprint density at radius 2 is 1.52 bits per heavy atom. The molecule has 132 valence electrons. The molecule has 2 N–H and O–H groups in total. The molecule has 0 heterocycles. The number of nitrogens with one attached hydrogen (secondary N) is 2. The third-order valence-electron chi connectivity index (χ3n) is 3.68. The molecule has 2 aromatic rings. The van der Waals surface area contributed by atoms with Gasteiger partial charge in [-0.1, -0.05) is 38.1 Å². The molecule has 2 amide bonds. The summed E-state index contributed by atoms with van der Waals surface area (Å²) in [5.41, 5.74) is 2.74. The van der Waals surface area contributed by atoms with Crippen molar-refractivity contribution in [1.82, 2.24) is 5.32 Å². The maximum Gasteiger partial charge on any atom is 0.313 e. The molecule has 0 aliphatic heterocycles. The van der Waals surface area contributed by atoms with Crippen LogP contribution in [0, 0.1) is 0 Å². The van der Waals surface area contributed by atoms with Gasteiger partial charge in [0, 0.05) is 12.2 Å². The minimum Gasteiger partial charge on any atom is -0.494 e. The van der Waals surface area contributed by atoms with Crippen molar-refractivity contribution in [3.63, 3.8) is 0 Å². The third-order valence-corrected chi connectivity index (χ3v) is 3.68. The van der Waals surface area contributed by atoms with E-state index in [-0.39, 0.29) is 0 Å². The second kappa shape index (κ2) is 9.47. The van der Waals surface area contributed by atoms with E-state index >= 15 is 0 Å². The number of benzene rings is 2. The Kier molecular flexibility index (Phi) is 7.01. The topological polar surface area (TPSA) is 67.4 Å². The average molecular weight is 340 g/mol. The summed E-state index contributed by atoms with van der Waals surface area (Å²) in [4.78, 5) is 23.8. The number of carbonyl (C=O) groups excluding carboxylic acids is 2. The fourth-order valence-electron chi connectivity index (χ4n) is 2.20. The summed E-state index contributed by atoms with van der Waals surface area (Å²) in [5.74, 6) is -0.613. The van der Waals surface area contributed by atoms with Gasteiger partial charge in [-0.15, -0.1) is 0 Å². The van der Waals surface area contributed by atoms with E-state index < -0.39 is 11.8 Å². The van der Waals surface area contributed by atoms with Crippen LogP contribution in [0.25, 0.3) is 0 Å². The first kappa shape index (κ1) is 18.5. The molecule has 0 fully saturated rings. The Morgan fingerprint density at radius 1 is 0.880 bits per heavy atom. The summed E-state index contributed by atoms with van der Waals surface area (Å²) in [5, 5.41) is 5.19. The van der Waals surface area contributed by atoms with E-state index in [1.807, 2.05) is 31.2 Å². The number of hydrogen-bond donors (Lipinski definition) is 2. The van der Waals surface area contributed by atoms with Gasteiger partial charge in [-0.05, 0) is 48.2 Å². The SMILES string of the molecule is CCCOc1ccc(NC(=O)C(=O)NCc2ccc(CC)cc2)cc1. The van der Waals surface area contributed by atoms with Gasteiger partial charge in [0.1, 0.15) is 5.75 Å². The van der Waals surface area contributed by atoms with Gasteiger partial charge < -0.3 is 15.4 Å². The van der Waals surface area contributed by atoms with Gasteiger partial charge in [0.25, 0.3) is 0 Å². The van der Waals surface area contributed by atoms with Crippen LogP contribution in [0.1, 0.15) is 31.4 Å². The zero-order valence-electron chi connectivity index (χ0n) is 14.7. The van der Waals surface area contributed by atoms with E-state index in [1.54, 1.807) is 24.3 Å². The van der Waals surface area contributed by atoms with Gasteiger partial charge in [-0.2, -0.15) is 0 Å². The number of amides is 2. The molecule has 2 rings (SSSR count). The smallest absolute Gasteiger partial charge is 0.313 e. The van der Waals surface area contributed by atoms with Crippen LogP contribution < -0.4 is 15.4 Å². The number of aryl methyl sites for hydroxylation is 1. The second-order valence-corrected chi connectivity index (χ2v) is 5.68. The van der Waals surface area contributed by atoms with Crippen molar-refractivity contribution in [1.29, 1.82) is 0 Å². The first-order valence-electron chi connectivity index (χ1n) is 8.52. The van der Waals surface area contributed by atoms with E-state index in [9.17, 15) is 9.59 Å². The van der Waals surface area contributed by atoms with Crippen molar-refractivity contribution >= 4 is 17.5 Å². The minimum atomic E-state index is -0.688. The summed E-state index contributed by atoms with van der Waals surface area (Å²) in [6, 6.07) is 14.9. The van der Waals surface area contributed by atoms with Crippen molar-refractivity contribution in [3.05, 3.63) is 59.7 Å². The standard InChI is InChI=1S/C20H24N2O3/c1-3-13-25-18-11-9-17(10-12-18)22-20(24)19(23)21-14-16-7-5-15(4-2)6-8-16/h5-12H,3-4,13-14H2,1-2H3,(H,21,23)(H,22,24). The molecule has 0 saturated heterocycles. The Balaban J connectivity index is 1.81. The normalized spacial score (nSPS) is 10.2. The molecular weight excluding hydrogens is 316 g/mol. The molecule has 0 bridgehead atoms. The molecule has 25 heavy (non-hydrogen) atoms. The van der Waals surface area contributed by atoms with Crippen molar-refractivity contribution < 1.29 is 14.3 Å². The Bertz CT molecular complexity index is 694. The molecule has 0 radical (unpaired) electrons. The lowest BCUT2D eigenvalue weighted by atomic mass is 10.1. The monoisotopic (exact) mass is 340 g/mol. The van der Waals surface area contributed by atoms with Crippen LogP contribution >= 0.6 is 0 Å². The fourth-order valence-corrected chi connectivity index (χ4v) is 2.20. The van der Waals surface area contributed by atoms with Crippen molar-refractivity contribution in [2.45, 2.75) is 33.2 Å². The zero-order chi connectivity index (χ0) is 18.1. The first-order chi connectivity index (χ1) is 12.1. The van der Waals surface area contributed by atoms with E-state index in [4.69, 9.17) is 4.74 Å². The zero-order valence-corrected chi connectivity index (χ0v) is 14.7. The molecule has 0 aliphatic rings. The van der Waals surface area contributed by atoms with Crippen molar-refractivity contribution in [2.24, 2.45) is 0 Å². The van der Waals surface area contributed by atoms with Crippen LogP contribution in [-0.4, -0.2) is 18.4 Å². The summed E-state index contributed by atoms with van der Waals surface area (Å²) < 4.78 is 5.47. The van der Waals surface area contributed by atoms with E-state index in [0.717, 1.165) is 24.2 Å².